The van der Waals surface area contributed by atoms with Gasteiger partial charge in [0.1, 0.15) is 0 Å². The molecule has 1 atom stereocenters. The van der Waals surface area contributed by atoms with Crippen molar-refractivity contribution in [3.05, 3.63) is 71.3 Å². The van der Waals surface area contributed by atoms with Crippen LogP contribution in [0.1, 0.15) is 50.8 Å². The van der Waals surface area contributed by atoms with Crippen molar-refractivity contribution in [3.63, 3.8) is 0 Å². The van der Waals surface area contributed by atoms with Gasteiger partial charge in [-0.25, -0.2) is 0 Å². The molecule has 0 fully saturated rings. The Labute approximate surface area is 193 Å². The maximum Gasteiger partial charge on any atom is 0.308 e. The minimum Gasteiger partial charge on any atom is -0.493 e. The highest BCUT2D eigenvalue weighted by Crippen LogP contribution is 2.52. The summed E-state index contributed by atoms with van der Waals surface area (Å²) in [6.45, 7) is 5.67. The van der Waals surface area contributed by atoms with Gasteiger partial charge in [0.25, 0.3) is 0 Å². The Balaban J connectivity index is 1.73. The summed E-state index contributed by atoms with van der Waals surface area (Å²) < 4.78 is 10.8. The number of fused-ring (bicyclic) bond motifs is 4. The number of carbonyl (C=O) groups is 2. The Morgan fingerprint density at radius 3 is 2.58 bits per heavy atom. The monoisotopic (exact) mass is 441 g/mol. The van der Waals surface area contributed by atoms with Crippen molar-refractivity contribution in [2.24, 2.45) is 5.41 Å². The number of benzene rings is 3. The number of esters is 1. The Kier molecular flexibility index (Phi) is 5.00. The van der Waals surface area contributed by atoms with Crippen LogP contribution >= 0.6 is 0 Å². The molecule has 0 saturated heterocycles. The lowest BCUT2D eigenvalue weighted by atomic mass is 9.68. The second-order valence-electron chi connectivity index (χ2n) is 9.62. The van der Waals surface area contributed by atoms with Gasteiger partial charge in [-0.15, -0.1) is 0 Å². The predicted molar refractivity (Wildman–Crippen MR) is 130 cm³/mol. The summed E-state index contributed by atoms with van der Waals surface area (Å²) in [4.78, 5) is 25.2. The van der Waals surface area contributed by atoms with Crippen molar-refractivity contribution in [2.75, 3.05) is 12.4 Å². The van der Waals surface area contributed by atoms with Crippen molar-refractivity contribution in [3.8, 4) is 11.5 Å². The lowest BCUT2D eigenvalue weighted by Gasteiger charge is -2.40. The predicted octanol–water partition coefficient (Wildman–Crippen LogP) is 6.08. The van der Waals surface area contributed by atoms with Gasteiger partial charge in [-0.3, -0.25) is 9.59 Å². The third-order valence-corrected chi connectivity index (χ3v) is 6.51. The zero-order valence-electron chi connectivity index (χ0n) is 19.3. The second kappa shape index (κ2) is 7.77. The molecule has 0 bridgehead atoms. The molecule has 5 rings (SSSR count). The van der Waals surface area contributed by atoms with Crippen LogP contribution in [0.4, 0.5) is 5.69 Å². The van der Waals surface area contributed by atoms with Gasteiger partial charge in [0.15, 0.2) is 17.3 Å². The van der Waals surface area contributed by atoms with E-state index in [2.05, 4.69) is 43.4 Å². The highest BCUT2D eigenvalue weighted by molar-refractivity contribution is 6.12. The van der Waals surface area contributed by atoms with E-state index in [1.165, 1.54) is 14.0 Å². The van der Waals surface area contributed by atoms with Gasteiger partial charge >= 0.3 is 5.97 Å². The topological polar surface area (TPSA) is 64.6 Å². The number of nitrogens with one attached hydrogen (secondary N) is 1. The Morgan fingerprint density at radius 2 is 1.82 bits per heavy atom. The summed E-state index contributed by atoms with van der Waals surface area (Å²) in [5.74, 6) is 0.553. The molecule has 0 spiro atoms. The number of anilines is 1. The fourth-order valence-corrected chi connectivity index (χ4v) is 5.19. The highest BCUT2D eigenvalue weighted by Gasteiger charge is 2.41. The zero-order valence-corrected chi connectivity index (χ0v) is 19.3. The third kappa shape index (κ3) is 3.67. The number of ketones is 1. The van der Waals surface area contributed by atoms with Gasteiger partial charge in [0, 0.05) is 30.2 Å². The van der Waals surface area contributed by atoms with Gasteiger partial charge < -0.3 is 14.8 Å². The van der Waals surface area contributed by atoms with Crippen LogP contribution in [0.3, 0.4) is 0 Å². The average Bonchev–Trinajstić information content (AvgIpc) is 2.76. The van der Waals surface area contributed by atoms with E-state index in [9.17, 15) is 9.59 Å². The first-order chi connectivity index (χ1) is 15.8. The lowest BCUT2D eigenvalue weighted by Crippen LogP contribution is -2.33. The summed E-state index contributed by atoms with van der Waals surface area (Å²) in [7, 11) is 1.54. The molecule has 33 heavy (non-hydrogen) atoms. The molecule has 168 valence electrons. The standard InChI is InChI=1S/C28H27NO4/c1-16(30)33-24-13-18(10-12-23(24)32-4)27-26-20(14-28(2,3)15-22(26)31)25-19-8-6-5-7-17(19)9-11-21(25)29-27/h5-13,27,29H,14-15H2,1-4H3. The summed E-state index contributed by atoms with van der Waals surface area (Å²) in [6, 6.07) is 17.7. The summed E-state index contributed by atoms with van der Waals surface area (Å²) in [5.41, 5.74) is 4.77. The molecule has 1 heterocycles. The minimum atomic E-state index is -0.422. The van der Waals surface area contributed by atoms with Crippen LogP contribution in [0, 0.1) is 5.41 Å². The van der Waals surface area contributed by atoms with E-state index in [1.54, 1.807) is 12.1 Å². The number of hydrogen-bond donors (Lipinski definition) is 1. The Hall–Kier alpha value is -3.60. The van der Waals surface area contributed by atoms with Crippen LogP contribution in [0.25, 0.3) is 16.3 Å². The maximum atomic E-state index is 13.6. The molecule has 1 aliphatic heterocycles. The molecule has 1 aliphatic carbocycles. The van der Waals surface area contributed by atoms with E-state index in [4.69, 9.17) is 9.47 Å². The number of allylic oxidation sites excluding steroid dienone is 1. The highest BCUT2D eigenvalue weighted by atomic mass is 16.6. The number of methoxy groups -OCH3 is 1. The van der Waals surface area contributed by atoms with Crippen molar-refractivity contribution < 1.29 is 19.1 Å². The van der Waals surface area contributed by atoms with Gasteiger partial charge in [0.05, 0.1) is 13.2 Å². The molecular formula is C28H27NO4. The van der Waals surface area contributed by atoms with E-state index < -0.39 is 5.97 Å². The summed E-state index contributed by atoms with van der Waals surface area (Å²) in [5, 5.41) is 5.92. The van der Waals surface area contributed by atoms with Crippen molar-refractivity contribution in [1.29, 1.82) is 0 Å². The molecule has 1 unspecified atom stereocenters. The van der Waals surface area contributed by atoms with E-state index in [-0.39, 0.29) is 17.2 Å². The maximum absolute atomic E-state index is 13.6. The lowest BCUT2D eigenvalue weighted by molar-refractivity contribution is -0.132. The number of rotatable bonds is 3. The fourth-order valence-electron chi connectivity index (χ4n) is 5.19. The molecule has 3 aromatic rings. The number of Topliss-reactive ketones (excluding diaryl/α,β-unsaturated/α-hetero) is 1. The van der Waals surface area contributed by atoms with E-state index in [0.717, 1.165) is 45.2 Å². The quantitative estimate of drug-likeness (QED) is 0.394. The van der Waals surface area contributed by atoms with Crippen LogP contribution in [-0.4, -0.2) is 18.9 Å². The average molecular weight is 442 g/mol. The summed E-state index contributed by atoms with van der Waals surface area (Å²) in [6.07, 6.45) is 1.32. The first-order valence-electron chi connectivity index (χ1n) is 11.2. The van der Waals surface area contributed by atoms with Gasteiger partial charge in [-0.05, 0) is 51.9 Å². The van der Waals surface area contributed by atoms with Gasteiger partial charge in [-0.2, -0.15) is 0 Å². The molecule has 0 aromatic heterocycles. The molecule has 1 N–H and O–H groups in total. The second-order valence-corrected chi connectivity index (χ2v) is 9.62. The molecule has 0 radical (unpaired) electrons. The molecule has 2 aliphatic rings. The molecule has 3 aromatic carbocycles. The van der Waals surface area contributed by atoms with Crippen LogP contribution < -0.4 is 14.8 Å². The van der Waals surface area contributed by atoms with Crippen LogP contribution in [-0.2, 0) is 9.59 Å². The first-order valence-corrected chi connectivity index (χ1v) is 11.2. The van der Waals surface area contributed by atoms with Gasteiger partial charge in [-0.1, -0.05) is 50.2 Å². The normalized spacial score (nSPS) is 18.9. The fraction of sp³-hybridized carbons (Fsp3) is 0.286. The molecular weight excluding hydrogens is 414 g/mol. The molecule has 0 amide bonds. The largest absolute Gasteiger partial charge is 0.493 e. The van der Waals surface area contributed by atoms with Crippen LogP contribution in [0.5, 0.6) is 11.5 Å². The zero-order chi connectivity index (χ0) is 23.3. The third-order valence-electron chi connectivity index (χ3n) is 6.51. The smallest absolute Gasteiger partial charge is 0.308 e. The minimum absolute atomic E-state index is 0.116. The van der Waals surface area contributed by atoms with Crippen molar-refractivity contribution >= 4 is 33.8 Å². The van der Waals surface area contributed by atoms with Crippen LogP contribution in [0.2, 0.25) is 0 Å². The SMILES string of the molecule is COc1ccc(C2Nc3ccc4ccccc4c3C3=C2C(=O)CC(C)(C)C3)cc1OC(C)=O. The number of carbonyl (C=O) groups excluding carboxylic acids is 2. The van der Waals surface area contributed by atoms with Crippen molar-refractivity contribution in [1.82, 2.24) is 0 Å². The van der Waals surface area contributed by atoms with Crippen molar-refractivity contribution in [2.45, 2.75) is 39.7 Å². The Morgan fingerprint density at radius 1 is 1.03 bits per heavy atom. The first kappa shape index (κ1) is 21.3. The van der Waals surface area contributed by atoms with E-state index in [1.807, 2.05) is 18.2 Å². The number of ether oxygens (including phenoxy) is 2. The van der Waals surface area contributed by atoms with Crippen LogP contribution in [0.15, 0.2) is 60.2 Å². The van der Waals surface area contributed by atoms with Gasteiger partial charge in [0.2, 0.25) is 0 Å². The molecule has 5 heteroatoms. The Bertz CT molecular complexity index is 1330. The summed E-state index contributed by atoms with van der Waals surface area (Å²) >= 11 is 0. The molecule has 0 saturated carbocycles. The van der Waals surface area contributed by atoms with E-state index >= 15 is 0 Å². The van der Waals surface area contributed by atoms with E-state index in [0.29, 0.717) is 17.9 Å². The molecule has 5 nitrogen and oxygen atoms in total. The number of hydrogen-bond acceptors (Lipinski definition) is 5.